The maximum absolute atomic E-state index is 5.82. The SMILES string of the molecule is CCOc1ccc(Nc2cc(Cl)ncn2)cc1NOC. The first-order valence-electron chi connectivity index (χ1n) is 6.03. The van der Waals surface area contributed by atoms with Crippen molar-refractivity contribution in [3.05, 3.63) is 35.7 Å². The van der Waals surface area contributed by atoms with Gasteiger partial charge in [-0.1, -0.05) is 11.6 Å². The van der Waals surface area contributed by atoms with E-state index in [1.807, 2.05) is 25.1 Å². The van der Waals surface area contributed by atoms with Crippen molar-refractivity contribution in [3.63, 3.8) is 0 Å². The lowest BCUT2D eigenvalue weighted by molar-refractivity contribution is 0.265. The van der Waals surface area contributed by atoms with Gasteiger partial charge in [-0.3, -0.25) is 10.3 Å². The van der Waals surface area contributed by atoms with Crippen LogP contribution in [-0.2, 0) is 4.84 Å². The lowest BCUT2D eigenvalue weighted by Crippen LogP contribution is -2.02. The van der Waals surface area contributed by atoms with Crippen LogP contribution in [0.15, 0.2) is 30.6 Å². The van der Waals surface area contributed by atoms with Crippen LogP contribution in [0.25, 0.3) is 0 Å². The number of nitrogens with zero attached hydrogens (tertiary/aromatic N) is 2. The highest BCUT2D eigenvalue weighted by molar-refractivity contribution is 6.29. The minimum absolute atomic E-state index is 0.378. The number of halogens is 1. The highest BCUT2D eigenvalue weighted by Gasteiger charge is 2.06. The summed E-state index contributed by atoms with van der Waals surface area (Å²) < 4.78 is 5.50. The van der Waals surface area contributed by atoms with Gasteiger partial charge >= 0.3 is 0 Å². The number of anilines is 3. The Morgan fingerprint density at radius 1 is 1.25 bits per heavy atom. The van der Waals surface area contributed by atoms with Crippen LogP contribution < -0.4 is 15.5 Å². The molecule has 1 heterocycles. The van der Waals surface area contributed by atoms with E-state index in [0.29, 0.717) is 23.3 Å². The lowest BCUT2D eigenvalue weighted by atomic mass is 10.2. The summed E-state index contributed by atoms with van der Waals surface area (Å²) in [6, 6.07) is 7.21. The average molecular weight is 295 g/mol. The lowest BCUT2D eigenvalue weighted by Gasteiger charge is -2.13. The van der Waals surface area contributed by atoms with Gasteiger partial charge in [-0.05, 0) is 25.1 Å². The van der Waals surface area contributed by atoms with E-state index in [4.69, 9.17) is 21.2 Å². The van der Waals surface area contributed by atoms with Crippen LogP contribution in [0.5, 0.6) is 5.75 Å². The van der Waals surface area contributed by atoms with E-state index in [1.165, 1.54) is 6.33 Å². The van der Waals surface area contributed by atoms with Gasteiger partial charge in [0, 0.05) is 11.8 Å². The van der Waals surface area contributed by atoms with Crippen molar-refractivity contribution in [2.75, 3.05) is 24.5 Å². The second-order valence-corrected chi connectivity index (χ2v) is 4.19. The second-order valence-electron chi connectivity index (χ2n) is 3.80. The van der Waals surface area contributed by atoms with Crippen molar-refractivity contribution in [3.8, 4) is 5.75 Å². The van der Waals surface area contributed by atoms with E-state index < -0.39 is 0 Å². The number of nitrogens with one attached hydrogen (secondary N) is 2. The molecule has 0 aliphatic heterocycles. The smallest absolute Gasteiger partial charge is 0.144 e. The molecule has 0 radical (unpaired) electrons. The predicted octanol–water partition coefficient (Wildman–Crippen LogP) is 3.25. The third-order valence-electron chi connectivity index (χ3n) is 2.40. The molecule has 0 saturated carbocycles. The summed E-state index contributed by atoms with van der Waals surface area (Å²) >= 11 is 5.82. The first-order valence-corrected chi connectivity index (χ1v) is 6.41. The molecule has 0 saturated heterocycles. The van der Waals surface area contributed by atoms with Crippen LogP contribution in [0.1, 0.15) is 6.92 Å². The van der Waals surface area contributed by atoms with Gasteiger partial charge in [0.2, 0.25) is 0 Å². The molecule has 1 aromatic carbocycles. The van der Waals surface area contributed by atoms with Crippen molar-refractivity contribution in [2.45, 2.75) is 6.92 Å². The fourth-order valence-electron chi connectivity index (χ4n) is 1.63. The molecular weight excluding hydrogens is 280 g/mol. The Kier molecular flexibility index (Phi) is 4.97. The van der Waals surface area contributed by atoms with E-state index in [0.717, 1.165) is 11.4 Å². The molecule has 0 aliphatic carbocycles. The van der Waals surface area contributed by atoms with Crippen LogP contribution in [0.3, 0.4) is 0 Å². The van der Waals surface area contributed by atoms with Crippen molar-refractivity contribution >= 4 is 28.8 Å². The molecule has 2 aromatic rings. The van der Waals surface area contributed by atoms with E-state index in [9.17, 15) is 0 Å². The summed E-state index contributed by atoms with van der Waals surface area (Å²) in [4.78, 5) is 12.8. The van der Waals surface area contributed by atoms with Crippen molar-refractivity contribution in [2.24, 2.45) is 0 Å². The molecule has 6 nitrogen and oxygen atoms in total. The standard InChI is InChI=1S/C13H15ClN4O2/c1-3-20-11-5-4-9(6-10(11)18-19-2)17-13-7-12(14)15-8-16-13/h4-8,18H,3H2,1-2H3,(H,15,16,17). The molecule has 20 heavy (non-hydrogen) atoms. The quantitative estimate of drug-likeness (QED) is 0.630. The van der Waals surface area contributed by atoms with E-state index in [2.05, 4.69) is 20.8 Å². The van der Waals surface area contributed by atoms with Gasteiger partial charge in [0.05, 0.1) is 13.7 Å². The van der Waals surface area contributed by atoms with E-state index >= 15 is 0 Å². The first kappa shape index (κ1) is 14.4. The molecule has 0 bridgehead atoms. The van der Waals surface area contributed by atoms with Gasteiger partial charge in [-0.15, -0.1) is 0 Å². The Labute approximate surface area is 122 Å². The van der Waals surface area contributed by atoms with Crippen LogP contribution in [-0.4, -0.2) is 23.7 Å². The highest BCUT2D eigenvalue weighted by atomic mass is 35.5. The van der Waals surface area contributed by atoms with Gasteiger partial charge in [-0.25, -0.2) is 9.97 Å². The van der Waals surface area contributed by atoms with Gasteiger partial charge in [0.1, 0.15) is 28.7 Å². The fourth-order valence-corrected chi connectivity index (χ4v) is 1.78. The van der Waals surface area contributed by atoms with Gasteiger partial charge in [0.15, 0.2) is 0 Å². The molecule has 2 N–H and O–H groups in total. The van der Waals surface area contributed by atoms with Gasteiger partial charge in [-0.2, -0.15) is 0 Å². The highest BCUT2D eigenvalue weighted by Crippen LogP contribution is 2.29. The van der Waals surface area contributed by atoms with Gasteiger partial charge in [0.25, 0.3) is 0 Å². The maximum atomic E-state index is 5.82. The topological polar surface area (TPSA) is 68.3 Å². The van der Waals surface area contributed by atoms with Gasteiger partial charge < -0.3 is 10.1 Å². The first-order chi connectivity index (χ1) is 9.72. The van der Waals surface area contributed by atoms with E-state index in [-0.39, 0.29) is 0 Å². The summed E-state index contributed by atoms with van der Waals surface area (Å²) in [6.07, 6.45) is 1.40. The molecule has 2 rings (SSSR count). The third-order valence-corrected chi connectivity index (χ3v) is 2.60. The Morgan fingerprint density at radius 3 is 2.80 bits per heavy atom. The van der Waals surface area contributed by atoms with Crippen molar-refractivity contribution < 1.29 is 9.57 Å². The molecule has 7 heteroatoms. The van der Waals surface area contributed by atoms with Crippen LogP contribution in [0.2, 0.25) is 5.15 Å². The number of benzene rings is 1. The average Bonchev–Trinajstić information content (AvgIpc) is 2.42. The number of hydrogen-bond acceptors (Lipinski definition) is 6. The number of aromatic nitrogens is 2. The number of rotatable bonds is 6. The molecule has 0 amide bonds. The zero-order valence-electron chi connectivity index (χ0n) is 11.2. The number of ether oxygens (including phenoxy) is 1. The largest absolute Gasteiger partial charge is 0.492 e. The summed E-state index contributed by atoms with van der Waals surface area (Å²) in [5, 5.41) is 3.50. The zero-order valence-corrected chi connectivity index (χ0v) is 11.9. The molecule has 0 aliphatic rings. The zero-order chi connectivity index (χ0) is 14.4. The van der Waals surface area contributed by atoms with Crippen LogP contribution in [0, 0.1) is 0 Å². The summed E-state index contributed by atoms with van der Waals surface area (Å²) in [6.45, 7) is 2.50. The molecule has 0 unspecified atom stereocenters. The minimum atomic E-state index is 0.378. The van der Waals surface area contributed by atoms with Crippen LogP contribution >= 0.6 is 11.6 Å². The molecule has 0 atom stereocenters. The maximum Gasteiger partial charge on any atom is 0.144 e. The fraction of sp³-hybridized carbons (Fsp3) is 0.231. The Hall–Kier alpha value is -2.05. The summed E-state index contributed by atoms with van der Waals surface area (Å²) in [5.41, 5.74) is 4.32. The normalized spacial score (nSPS) is 10.2. The third kappa shape index (κ3) is 3.72. The molecular formula is C13H15ClN4O2. The molecule has 1 aromatic heterocycles. The van der Waals surface area contributed by atoms with Crippen LogP contribution in [0.4, 0.5) is 17.2 Å². The number of hydrogen-bond donors (Lipinski definition) is 2. The molecule has 0 fully saturated rings. The Balaban J connectivity index is 2.22. The van der Waals surface area contributed by atoms with E-state index in [1.54, 1.807) is 13.2 Å². The van der Waals surface area contributed by atoms with Crippen molar-refractivity contribution in [1.82, 2.24) is 9.97 Å². The second kappa shape index (κ2) is 6.93. The molecule has 106 valence electrons. The monoisotopic (exact) mass is 294 g/mol. The minimum Gasteiger partial charge on any atom is -0.492 e. The summed E-state index contributed by atoms with van der Waals surface area (Å²) in [7, 11) is 1.54. The Bertz CT molecular complexity index is 580. The van der Waals surface area contributed by atoms with Crippen molar-refractivity contribution in [1.29, 1.82) is 0 Å². The molecule has 0 spiro atoms. The summed E-state index contributed by atoms with van der Waals surface area (Å²) in [5.74, 6) is 1.32. The Morgan fingerprint density at radius 2 is 2.10 bits per heavy atom. The predicted molar refractivity (Wildman–Crippen MR) is 78.6 cm³/mol.